The standard InChI is InChI=1S/C16H19ClN4O2/c17-12-1-3-14(4-2-12)22-9-13-7-21(20-19-13)8-15-5-6-16(23-15)10-18-11-16/h1-4,7,15,18H,5-6,8-11H2. The van der Waals surface area contributed by atoms with Crippen LogP contribution in [-0.4, -0.2) is 39.8 Å². The normalized spacial score (nSPS) is 22.2. The van der Waals surface area contributed by atoms with Crippen molar-refractivity contribution in [1.82, 2.24) is 20.3 Å². The summed E-state index contributed by atoms with van der Waals surface area (Å²) < 4.78 is 13.7. The van der Waals surface area contributed by atoms with Gasteiger partial charge in [0.1, 0.15) is 18.1 Å². The van der Waals surface area contributed by atoms with Gasteiger partial charge in [-0.15, -0.1) is 5.10 Å². The molecule has 1 atom stereocenters. The summed E-state index contributed by atoms with van der Waals surface area (Å²) in [7, 11) is 0. The molecule has 0 bridgehead atoms. The van der Waals surface area contributed by atoms with Crippen LogP contribution in [0.1, 0.15) is 18.5 Å². The van der Waals surface area contributed by atoms with Crippen LogP contribution >= 0.6 is 11.6 Å². The van der Waals surface area contributed by atoms with Crippen LogP contribution in [0, 0.1) is 0 Å². The zero-order valence-corrected chi connectivity index (χ0v) is 13.5. The summed E-state index contributed by atoms with van der Waals surface area (Å²) >= 11 is 5.85. The Balaban J connectivity index is 1.29. The molecule has 0 saturated carbocycles. The lowest BCUT2D eigenvalue weighted by molar-refractivity contribution is -0.0783. The second-order valence-corrected chi connectivity index (χ2v) is 6.68. The van der Waals surface area contributed by atoms with E-state index in [4.69, 9.17) is 21.1 Å². The summed E-state index contributed by atoms with van der Waals surface area (Å²) in [5.41, 5.74) is 0.893. The van der Waals surface area contributed by atoms with Crippen molar-refractivity contribution < 1.29 is 9.47 Å². The molecule has 2 aromatic rings. The Labute approximate surface area is 139 Å². The van der Waals surface area contributed by atoms with Crippen LogP contribution in [0.15, 0.2) is 30.5 Å². The third-order valence-electron chi connectivity index (χ3n) is 4.41. The quantitative estimate of drug-likeness (QED) is 0.906. The molecule has 1 aromatic carbocycles. The van der Waals surface area contributed by atoms with E-state index in [9.17, 15) is 0 Å². The Morgan fingerprint density at radius 2 is 2.17 bits per heavy atom. The second kappa shape index (κ2) is 6.11. The van der Waals surface area contributed by atoms with Gasteiger partial charge in [0.05, 0.1) is 24.4 Å². The molecule has 1 unspecified atom stereocenters. The number of nitrogens with one attached hydrogen (secondary N) is 1. The maximum absolute atomic E-state index is 6.14. The molecule has 0 aliphatic carbocycles. The summed E-state index contributed by atoms with van der Waals surface area (Å²) in [5.74, 6) is 0.766. The Morgan fingerprint density at radius 1 is 1.35 bits per heavy atom. The Hall–Kier alpha value is -1.63. The number of aromatic nitrogens is 3. The molecule has 2 saturated heterocycles. The topological polar surface area (TPSA) is 61.2 Å². The Kier molecular flexibility index (Phi) is 3.97. The lowest BCUT2D eigenvalue weighted by atomic mass is 9.93. The number of rotatable bonds is 5. The predicted molar refractivity (Wildman–Crippen MR) is 85.5 cm³/mol. The summed E-state index contributed by atoms with van der Waals surface area (Å²) in [6, 6.07) is 7.28. The highest BCUT2D eigenvalue weighted by Gasteiger charge is 2.44. The first-order chi connectivity index (χ1) is 11.2. The van der Waals surface area contributed by atoms with E-state index in [2.05, 4.69) is 15.6 Å². The predicted octanol–water partition coefficient (Wildman–Crippen LogP) is 2.03. The second-order valence-electron chi connectivity index (χ2n) is 6.24. The lowest BCUT2D eigenvalue weighted by Crippen LogP contribution is -2.59. The third-order valence-corrected chi connectivity index (χ3v) is 4.66. The average molecular weight is 335 g/mol. The maximum Gasteiger partial charge on any atom is 0.134 e. The van der Waals surface area contributed by atoms with Crippen LogP contribution in [0.5, 0.6) is 5.75 Å². The van der Waals surface area contributed by atoms with E-state index in [-0.39, 0.29) is 11.7 Å². The number of hydrogen-bond acceptors (Lipinski definition) is 5. The van der Waals surface area contributed by atoms with Gasteiger partial charge < -0.3 is 14.8 Å². The first kappa shape index (κ1) is 14.9. The summed E-state index contributed by atoms with van der Waals surface area (Å²) in [4.78, 5) is 0. The number of hydrogen-bond donors (Lipinski definition) is 1. The van der Waals surface area contributed by atoms with Gasteiger partial charge in [0.25, 0.3) is 0 Å². The van der Waals surface area contributed by atoms with E-state index in [0.29, 0.717) is 11.6 Å². The molecule has 6 nitrogen and oxygen atoms in total. The van der Waals surface area contributed by atoms with Crippen molar-refractivity contribution in [2.75, 3.05) is 13.1 Å². The van der Waals surface area contributed by atoms with Crippen molar-refractivity contribution in [3.05, 3.63) is 41.2 Å². The summed E-state index contributed by atoms with van der Waals surface area (Å²) in [6.07, 6.45) is 4.36. The largest absolute Gasteiger partial charge is 0.487 e. The number of benzene rings is 1. The minimum atomic E-state index is 0.0891. The van der Waals surface area contributed by atoms with Gasteiger partial charge in [-0.1, -0.05) is 16.8 Å². The number of ether oxygens (including phenoxy) is 2. The van der Waals surface area contributed by atoms with E-state index in [1.54, 1.807) is 12.1 Å². The maximum atomic E-state index is 6.14. The van der Waals surface area contributed by atoms with E-state index in [0.717, 1.165) is 43.9 Å². The zero-order chi connectivity index (χ0) is 15.7. The number of nitrogens with zero attached hydrogens (tertiary/aromatic N) is 3. The van der Waals surface area contributed by atoms with E-state index in [1.807, 2.05) is 23.0 Å². The molecule has 1 aromatic heterocycles. The van der Waals surface area contributed by atoms with Crippen LogP contribution in [0.3, 0.4) is 0 Å². The molecular formula is C16H19ClN4O2. The fraction of sp³-hybridized carbons (Fsp3) is 0.500. The highest BCUT2D eigenvalue weighted by Crippen LogP contribution is 2.33. The van der Waals surface area contributed by atoms with Gasteiger partial charge in [-0.2, -0.15) is 0 Å². The lowest BCUT2D eigenvalue weighted by Gasteiger charge is -2.38. The van der Waals surface area contributed by atoms with Crippen molar-refractivity contribution >= 4 is 11.6 Å². The van der Waals surface area contributed by atoms with Crippen LogP contribution in [0.2, 0.25) is 5.02 Å². The fourth-order valence-corrected chi connectivity index (χ4v) is 3.20. The molecule has 3 heterocycles. The number of halogens is 1. The van der Waals surface area contributed by atoms with E-state index in [1.165, 1.54) is 0 Å². The molecule has 23 heavy (non-hydrogen) atoms. The molecule has 2 fully saturated rings. The highest BCUT2D eigenvalue weighted by molar-refractivity contribution is 6.30. The van der Waals surface area contributed by atoms with Gasteiger partial charge in [0.15, 0.2) is 0 Å². The first-order valence-electron chi connectivity index (χ1n) is 7.87. The van der Waals surface area contributed by atoms with Crippen LogP contribution in [0.4, 0.5) is 0 Å². The van der Waals surface area contributed by atoms with Crippen molar-refractivity contribution in [1.29, 1.82) is 0 Å². The molecule has 1 N–H and O–H groups in total. The minimum absolute atomic E-state index is 0.0891. The summed E-state index contributed by atoms with van der Waals surface area (Å²) in [5, 5.41) is 12.3. The molecule has 0 amide bonds. The van der Waals surface area contributed by atoms with Crippen LogP contribution in [0.25, 0.3) is 0 Å². The van der Waals surface area contributed by atoms with E-state index >= 15 is 0 Å². The fourth-order valence-electron chi connectivity index (χ4n) is 3.08. The van der Waals surface area contributed by atoms with Gasteiger partial charge in [0.2, 0.25) is 0 Å². The van der Waals surface area contributed by atoms with Gasteiger partial charge >= 0.3 is 0 Å². The zero-order valence-electron chi connectivity index (χ0n) is 12.7. The van der Waals surface area contributed by atoms with Crippen LogP contribution < -0.4 is 10.1 Å². The van der Waals surface area contributed by atoms with E-state index < -0.39 is 0 Å². The first-order valence-corrected chi connectivity index (χ1v) is 8.25. The van der Waals surface area contributed by atoms with Crippen molar-refractivity contribution in [2.24, 2.45) is 0 Å². The van der Waals surface area contributed by atoms with Gasteiger partial charge in [0, 0.05) is 18.1 Å². The minimum Gasteiger partial charge on any atom is -0.487 e. The molecule has 2 aliphatic rings. The molecule has 122 valence electrons. The van der Waals surface area contributed by atoms with Gasteiger partial charge in [-0.05, 0) is 37.1 Å². The van der Waals surface area contributed by atoms with Crippen LogP contribution in [-0.2, 0) is 17.9 Å². The SMILES string of the molecule is Clc1ccc(OCc2cn(CC3CCC4(CNC4)O3)nn2)cc1. The van der Waals surface area contributed by atoms with Crippen molar-refractivity contribution in [3.8, 4) is 5.75 Å². The summed E-state index contributed by atoms with van der Waals surface area (Å²) in [6.45, 7) is 3.08. The van der Waals surface area contributed by atoms with Gasteiger partial charge in [-0.25, -0.2) is 4.68 Å². The van der Waals surface area contributed by atoms with Crippen molar-refractivity contribution in [2.45, 2.75) is 37.7 Å². The molecule has 1 spiro atoms. The molecular weight excluding hydrogens is 316 g/mol. The molecule has 7 heteroatoms. The van der Waals surface area contributed by atoms with Gasteiger partial charge in [-0.3, -0.25) is 0 Å². The Bertz CT molecular complexity index is 669. The molecule has 2 aliphatic heterocycles. The Morgan fingerprint density at radius 3 is 2.87 bits per heavy atom. The molecule has 4 rings (SSSR count). The average Bonchev–Trinajstić information content (AvgIpc) is 3.14. The highest BCUT2D eigenvalue weighted by atomic mass is 35.5. The smallest absolute Gasteiger partial charge is 0.134 e. The monoisotopic (exact) mass is 334 g/mol. The van der Waals surface area contributed by atoms with Crippen molar-refractivity contribution in [3.63, 3.8) is 0 Å². The molecule has 0 radical (unpaired) electrons. The third kappa shape index (κ3) is 3.34.